The number of hydrogen-bond donors (Lipinski definition) is 1. The molecule has 94 valence electrons. The quantitative estimate of drug-likeness (QED) is 0.795. The third-order valence-corrected chi connectivity index (χ3v) is 4.27. The maximum atomic E-state index is 6.25. The van der Waals surface area contributed by atoms with Gasteiger partial charge in [0.2, 0.25) is 0 Å². The summed E-state index contributed by atoms with van der Waals surface area (Å²) in [5.41, 5.74) is 2.35. The molecule has 0 radical (unpaired) electrons. The molecule has 1 aliphatic rings. The zero-order valence-electron chi connectivity index (χ0n) is 10.8. The zero-order valence-corrected chi connectivity index (χ0v) is 11.6. The average molecular weight is 252 g/mol. The molecule has 0 heterocycles. The van der Waals surface area contributed by atoms with Crippen LogP contribution in [0.1, 0.15) is 44.6 Å². The summed E-state index contributed by atoms with van der Waals surface area (Å²) in [4.78, 5) is 0. The molecule has 1 fully saturated rings. The summed E-state index contributed by atoms with van der Waals surface area (Å²) >= 11 is 6.25. The van der Waals surface area contributed by atoms with Crippen molar-refractivity contribution in [3.8, 4) is 0 Å². The zero-order chi connectivity index (χ0) is 12.3. The Morgan fingerprint density at radius 2 is 1.94 bits per heavy atom. The van der Waals surface area contributed by atoms with Crippen LogP contribution in [0.4, 0.5) is 5.69 Å². The molecule has 2 heteroatoms. The molecule has 1 atom stereocenters. The van der Waals surface area contributed by atoms with Crippen molar-refractivity contribution in [3.63, 3.8) is 0 Å². The molecule has 0 bridgehead atoms. The second-order valence-corrected chi connectivity index (χ2v) is 5.67. The normalized spacial score (nSPS) is 19.0. The summed E-state index contributed by atoms with van der Waals surface area (Å²) in [6.45, 7) is 4.40. The number of halogens is 1. The number of hydrogen-bond acceptors (Lipinski definition) is 1. The fourth-order valence-electron chi connectivity index (χ4n) is 2.79. The lowest BCUT2D eigenvalue weighted by atomic mass is 9.84. The Hall–Kier alpha value is -0.690. The van der Waals surface area contributed by atoms with E-state index in [1.165, 1.54) is 37.7 Å². The second-order valence-electron chi connectivity index (χ2n) is 5.26. The highest BCUT2D eigenvalue weighted by Crippen LogP contribution is 2.31. The molecule has 1 nitrogen and oxygen atoms in total. The van der Waals surface area contributed by atoms with Crippen LogP contribution < -0.4 is 5.32 Å². The van der Waals surface area contributed by atoms with Crippen LogP contribution in [-0.4, -0.2) is 6.04 Å². The Kier molecular flexibility index (Phi) is 4.33. The molecular weight excluding hydrogens is 230 g/mol. The summed E-state index contributed by atoms with van der Waals surface area (Å²) < 4.78 is 0. The smallest absolute Gasteiger partial charge is 0.0640 e. The van der Waals surface area contributed by atoms with Crippen LogP contribution in [0, 0.1) is 12.8 Å². The van der Waals surface area contributed by atoms with E-state index in [-0.39, 0.29) is 0 Å². The largest absolute Gasteiger partial charge is 0.381 e. The van der Waals surface area contributed by atoms with Gasteiger partial charge in [-0.25, -0.2) is 0 Å². The molecule has 0 aromatic heterocycles. The van der Waals surface area contributed by atoms with Crippen LogP contribution in [0.25, 0.3) is 0 Å². The highest BCUT2D eigenvalue weighted by atomic mass is 35.5. The van der Waals surface area contributed by atoms with Crippen molar-refractivity contribution >= 4 is 17.3 Å². The summed E-state index contributed by atoms with van der Waals surface area (Å²) in [6.07, 6.45) is 6.90. The Balaban J connectivity index is 2.04. The first-order chi connectivity index (χ1) is 8.18. The first kappa shape index (κ1) is 12.8. The molecule has 0 spiro atoms. The van der Waals surface area contributed by atoms with E-state index >= 15 is 0 Å². The van der Waals surface area contributed by atoms with Crippen LogP contribution in [0.3, 0.4) is 0 Å². The molecule has 1 N–H and O–H groups in total. The van der Waals surface area contributed by atoms with Gasteiger partial charge in [-0.05, 0) is 44.2 Å². The minimum absolute atomic E-state index is 0.522. The van der Waals surface area contributed by atoms with Gasteiger partial charge < -0.3 is 5.32 Å². The molecule has 0 aliphatic heterocycles. The average Bonchev–Trinajstić information content (AvgIpc) is 2.35. The summed E-state index contributed by atoms with van der Waals surface area (Å²) in [5.74, 6) is 0.805. The molecule has 1 aliphatic carbocycles. The van der Waals surface area contributed by atoms with Gasteiger partial charge in [0.05, 0.1) is 10.7 Å². The minimum atomic E-state index is 0.522. The van der Waals surface area contributed by atoms with Crippen LogP contribution in [0.15, 0.2) is 18.2 Å². The maximum Gasteiger partial charge on any atom is 0.0640 e. The molecular formula is C15H22ClN. The van der Waals surface area contributed by atoms with Crippen LogP contribution >= 0.6 is 11.6 Å². The topological polar surface area (TPSA) is 12.0 Å². The monoisotopic (exact) mass is 251 g/mol. The Morgan fingerprint density at radius 1 is 1.24 bits per heavy atom. The van der Waals surface area contributed by atoms with E-state index in [9.17, 15) is 0 Å². The molecule has 0 amide bonds. The minimum Gasteiger partial charge on any atom is -0.381 e. The van der Waals surface area contributed by atoms with Crippen LogP contribution in [-0.2, 0) is 0 Å². The lowest BCUT2D eigenvalue weighted by Crippen LogP contribution is -2.28. The van der Waals surface area contributed by atoms with Gasteiger partial charge >= 0.3 is 0 Å². The number of benzene rings is 1. The second kappa shape index (κ2) is 5.77. The van der Waals surface area contributed by atoms with E-state index < -0.39 is 0 Å². The van der Waals surface area contributed by atoms with Crippen molar-refractivity contribution in [1.82, 2.24) is 0 Å². The first-order valence-corrected chi connectivity index (χ1v) is 7.08. The van der Waals surface area contributed by atoms with E-state index in [1.54, 1.807) is 0 Å². The van der Waals surface area contributed by atoms with E-state index in [4.69, 9.17) is 11.6 Å². The van der Waals surface area contributed by atoms with Crippen molar-refractivity contribution in [2.75, 3.05) is 5.32 Å². The highest BCUT2D eigenvalue weighted by Gasteiger charge is 2.20. The fourth-order valence-corrected chi connectivity index (χ4v) is 3.07. The predicted molar refractivity (Wildman–Crippen MR) is 75.8 cm³/mol. The van der Waals surface area contributed by atoms with Crippen LogP contribution in [0.5, 0.6) is 0 Å². The van der Waals surface area contributed by atoms with Gasteiger partial charge in [0.1, 0.15) is 0 Å². The first-order valence-electron chi connectivity index (χ1n) is 6.70. The van der Waals surface area contributed by atoms with Gasteiger partial charge in [-0.1, -0.05) is 43.0 Å². The van der Waals surface area contributed by atoms with Gasteiger partial charge in [0.15, 0.2) is 0 Å². The number of rotatable bonds is 3. The van der Waals surface area contributed by atoms with E-state index in [2.05, 4.69) is 25.2 Å². The Bertz CT molecular complexity index is 349. The van der Waals surface area contributed by atoms with Gasteiger partial charge in [0.25, 0.3) is 0 Å². The lowest BCUT2D eigenvalue weighted by molar-refractivity contribution is 0.328. The summed E-state index contributed by atoms with van der Waals surface area (Å²) in [6, 6.07) is 6.61. The predicted octanol–water partition coefficient (Wildman–Crippen LogP) is 5.03. The standard InChI is InChI=1S/C15H22ClN/c1-11-7-6-10-14(16)15(11)17-12(2)13-8-4-3-5-9-13/h6-7,10,12-13,17H,3-5,8-9H2,1-2H3. The summed E-state index contributed by atoms with van der Waals surface area (Å²) in [5, 5.41) is 4.46. The van der Waals surface area contributed by atoms with Gasteiger partial charge in [-0.15, -0.1) is 0 Å². The van der Waals surface area contributed by atoms with Crippen molar-refractivity contribution in [2.45, 2.75) is 52.0 Å². The van der Waals surface area contributed by atoms with Crippen molar-refractivity contribution < 1.29 is 0 Å². The number of aryl methyl sites for hydroxylation is 1. The summed E-state index contributed by atoms with van der Waals surface area (Å²) in [7, 11) is 0. The van der Waals surface area contributed by atoms with E-state index in [1.807, 2.05) is 12.1 Å². The number of nitrogens with one attached hydrogen (secondary N) is 1. The van der Waals surface area contributed by atoms with Gasteiger partial charge in [0, 0.05) is 6.04 Å². The molecule has 1 unspecified atom stereocenters. The molecule has 17 heavy (non-hydrogen) atoms. The van der Waals surface area contributed by atoms with Crippen molar-refractivity contribution in [1.29, 1.82) is 0 Å². The highest BCUT2D eigenvalue weighted by molar-refractivity contribution is 6.33. The molecule has 1 aromatic rings. The van der Waals surface area contributed by atoms with E-state index in [0.29, 0.717) is 6.04 Å². The molecule has 0 saturated heterocycles. The SMILES string of the molecule is Cc1cccc(Cl)c1NC(C)C1CCCCC1. The molecule has 2 rings (SSSR count). The number of anilines is 1. The van der Waals surface area contributed by atoms with Crippen LogP contribution in [0.2, 0.25) is 5.02 Å². The van der Waals surface area contributed by atoms with Crippen molar-refractivity contribution in [3.05, 3.63) is 28.8 Å². The van der Waals surface area contributed by atoms with Gasteiger partial charge in [-0.3, -0.25) is 0 Å². The third-order valence-electron chi connectivity index (χ3n) is 3.95. The third kappa shape index (κ3) is 3.16. The fraction of sp³-hybridized carbons (Fsp3) is 0.600. The Labute approximate surface area is 110 Å². The molecule has 1 saturated carbocycles. The maximum absolute atomic E-state index is 6.25. The lowest BCUT2D eigenvalue weighted by Gasteiger charge is -2.29. The molecule has 1 aromatic carbocycles. The Morgan fingerprint density at radius 3 is 2.59 bits per heavy atom. The van der Waals surface area contributed by atoms with E-state index in [0.717, 1.165) is 16.6 Å². The number of para-hydroxylation sites is 1. The van der Waals surface area contributed by atoms with Gasteiger partial charge in [-0.2, -0.15) is 0 Å². The van der Waals surface area contributed by atoms with Crippen molar-refractivity contribution in [2.24, 2.45) is 5.92 Å².